The zero-order valence-electron chi connectivity index (χ0n) is 15.8. The highest BCUT2D eigenvalue weighted by Gasteiger charge is 2.18. The first-order valence-corrected chi connectivity index (χ1v) is 8.65. The summed E-state index contributed by atoms with van der Waals surface area (Å²) >= 11 is 6.10. The molecule has 0 aliphatic heterocycles. The molecule has 1 heterocycles. The first-order chi connectivity index (χ1) is 13.5. The van der Waals surface area contributed by atoms with Crippen LogP contribution in [0, 0.1) is 6.92 Å². The van der Waals surface area contributed by atoms with Gasteiger partial charge in [-0.05, 0) is 36.8 Å². The summed E-state index contributed by atoms with van der Waals surface area (Å²) in [5, 5.41) is 10.7. The number of methoxy groups -OCH3 is 3. The van der Waals surface area contributed by atoms with Gasteiger partial charge in [-0.2, -0.15) is 0 Å². The standard InChI is InChI=1S/C20H19ClN2O5/c1-11-5-6-13(9-14(11)21)22-10-15-20(24)28-19(23-15)12-7-16(25-2)18(27-4)17(8-12)26-3/h5-10,24H,1-4H3. The third-order valence-electron chi connectivity index (χ3n) is 4.04. The van der Waals surface area contributed by atoms with Crippen LogP contribution in [0.15, 0.2) is 39.7 Å². The lowest BCUT2D eigenvalue weighted by atomic mass is 10.2. The molecule has 0 unspecified atom stereocenters. The third-order valence-corrected chi connectivity index (χ3v) is 4.44. The Morgan fingerprint density at radius 2 is 1.75 bits per heavy atom. The van der Waals surface area contributed by atoms with Gasteiger partial charge in [0, 0.05) is 10.6 Å². The molecule has 0 radical (unpaired) electrons. The van der Waals surface area contributed by atoms with Crippen LogP contribution in [0.25, 0.3) is 11.5 Å². The van der Waals surface area contributed by atoms with Crippen LogP contribution in [0.5, 0.6) is 23.2 Å². The SMILES string of the molecule is COc1cc(-c2nc(C=Nc3ccc(C)c(Cl)c3)c(O)o2)cc(OC)c1OC. The number of hydrogen-bond acceptors (Lipinski definition) is 7. The molecule has 0 atom stereocenters. The minimum Gasteiger partial charge on any atom is -0.493 e. The van der Waals surface area contributed by atoms with E-state index in [0.717, 1.165) is 5.56 Å². The first kappa shape index (κ1) is 19.6. The van der Waals surface area contributed by atoms with E-state index in [4.69, 9.17) is 30.2 Å². The highest BCUT2D eigenvalue weighted by atomic mass is 35.5. The molecule has 0 spiro atoms. The second kappa shape index (κ2) is 8.22. The quantitative estimate of drug-likeness (QED) is 0.597. The maximum Gasteiger partial charge on any atom is 0.312 e. The second-order valence-corrected chi connectivity index (χ2v) is 6.22. The molecule has 8 heteroatoms. The van der Waals surface area contributed by atoms with E-state index in [0.29, 0.717) is 33.5 Å². The molecule has 0 saturated heterocycles. The Bertz CT molecular complexity index is 1000. The van der Waals surface area contributed by atoms with E-state index in [1.54, 1.807) is 18.2 Å². The van der Waals surface area contributed by atoms with Crippen LogP contribution in [0.2, 0.25) is 5.02 Å². The molecule has 0 bridgehead atoms. The van der Waals surface area contributed by atoms with Gasteiger partial charge in [0.05, 0.1) is 33.2 Å². The lowest BCUT2D eigenvalue weighted by molar-refractivity contribution is 0.323. The van der Waals surface area contributed by atoms with Gasteiger partial charge >= 0.3 is 5.95 Å². The minimum atomic E-state index is -0.356. The molecule has 1 N–H and O–H groups in total. The van der Waals surface area contributed by atoms with E-state index in [-0.39, 0.29) is 17.5 Å². The van der Waals surface area contributed by atoms with E-state index < -0.39 is 0 Å². The second-order valence-electron chi connectivity index (χ2n) is 5.82. The molecule has 0 aliphatic rings. The summed E-state index contributed by atoms with van der Waals surface area (Å²) in [5.41, 5.74) is 2.31. The number of aromatic hydroxyl groups is 1. The lowest BCUT2D eigenvalue weighted by Crippen LogP contribution is -1.95. The molecule has 3 rings (SSSR count). The van der Waals surface area contributed by atoms with Gasteiger partial charge in [0.2, 0.25) is 11.6 Å². The van der Waals surface area contributed by atoms with Gasteiger partial charge in [0.15, 0.2) is 17.2 Å². The van der Waals surface area contributed by atoms with Gasteiger partial charge in [-0.25, -0.2) is 4.98 Å². The van der Waals surface area contributed by atoms with E-state index in [2.05, 4.69) is 9.98 Å². The van der Waals surface area contributed by atoms with Crippen LogP contribution < -0.4 is 14.2 Å². The molecule has 146 valence electrons. The third kappa shape index (κ3) is 3.89. The fourth-order valence-corrected chi connectivity index (χ4v) is 2.71. The van der Waals surface area contributed by atoms with Crippen molar-refractivity contribution in [2.24, 2.45) is 4.99 Å². The smallest absolute Gasteiger partial charge is 0.312 e. The summed E-state index contributed by atoms with van der Waals surface area (Å²) in [6.45, 7) is 1.91. The highest BCUT2D eigenvalue weighted by molar-refractivity contribution is 6.31. The fraction of sp³-hybridized carbons (Fsp3) is 0.200. The molecule has 7 nitrogen and oxygen atoms in total. The summed E-state index contributed by atoms with van der Waals surface area (Å²) in [6, 6.07) is 8.75. The van der Waals surface area contributed by atoms with Gasteiger partial charge in [-0.1, -0.05) is 17.7 Å². The van der Waals surface area contributed by atoms with E-state index in [1.165, 1.54) is 27.5 Å². The minimum absolute atomic E-state index is 0.181. The monoisotopic (exact) mass is 402 g/mol. The number of aromatic nitrogens is 1. The number of halogens is 1. The van der Waals surface area contributed by atoms with Crippen molar-refractivity contribution in [3.05, 3.63) is 46.6 Å². The average Bonchev–Trinajstić information content (AvgIpc) is 3.08. The van der Waals surface area contributed by atoms with Crippen molar-refractivity contribution in [1.82, 2.24) is 4.98 Å². The number of benzene rings is 2. The first-order valence-electron chi connectivity index (χ1n) is 8.27. The van der Waals surface area contributed by atoms with E-state index in [1.807, 2.05) is 19.1 Å². The summed E-state index contributed by atoms with van der Waals surface area (Å²) in [4.78, 5) is 8.57. The normalized spacial score (nSPS) is 11.0. The molecule has 1 aromatic heterocycles. The Morgan fingerprint density at radius 1 is 1.07 bits per heavy atom. The fourth-order valence-electron chi connectivity index (χ4n) is 2.53. The van der Waals surface area contributed by atoms with Crippen molar-refractivity contribution in [2.45, 2.75) is 6.92 Å². The highest BCUT2D eigenvalue weighted by Crippen LogP contribution is 2.41. The van der Waals surface area contributed by atoms with Crippen LogP contribution in [0.3, 0.4) is 0 Å². The van der Waals surface area contributed by atoms with E-state index >= 15 is 0 Å². The van der Waals surface area contributed by atoms with Crippen molar-refractivity contribution in [3.63, 3.8) is 0 Å². The predicted octanol–water partition coefficient (Wildman–Crippen LogP) is 4.79. The topological polar surface area (TPSA) is 86.3 Å². The Balaban J connectivity index is 1.96. The molecule has 0 aliphatic carbocycles. The molecule has 0 amide bonds. The number of aryl methyl sites for hydroxylation is 1. The number of hydrogen-bond donors (Lipinski definition) is 1. The molecular weight excluding hydrogens is 384 g/mol. The number of aliphatic imine (C=N–C) groups is 1. The van der Waals surface area contributed by atoms with Crippen LogP contribution in [0.4, 0.5) is 5.69 Å². The zero-order chi connectivity index (χ0) is 20.3. The maximum atomic E-state index is 10.1. The lowest BCUT2D eigenvalue weighted by Gasteiger charge is -2.12. The zero-order valence-corrected chi connectivity index (χ0v) is 16.6. The number of rotatable bonds is 6. The molecule has 0 saturated carbocycles. The Labute approximate surface area is 167 Å². The van der Waals surface area contributed by atoms with Crippen molar-refractivity contribution in [3.8, 4) is 34.6 Å². The van der Waals surface area contributed by atoms with Crippen molar-refractivity contribution >= 4 is 23.5 Å². The van der Waals surface area contributed by atoms with Gasteiger partial charge in [-0.3, -0.25) is 4.99 Å². The predicted molar refractivity (Wildman–Crippen MR) is 107 cm³/mol. The number of nitrogens with zero attached hydrogens (tertiary/aromatic N) is 2. The molecule has 2 aromatic carbocycles. The molecule has 28 heavy (non-hydrogen) atoms. The Morgan fingerprint density at radius 3 is 2.32 bits per heavy atom. The summed E-state index contributed by atoms with van der Waals surface area (Å²) < 4.78 is 21.3. The van der Waals surface area contributed by atoms with Crippen LogP contribution in [0.1, 0.15) is 11.3 Å². The maximum absolute atomic E-state index is 10.1. The largest absolute Gasteiger partial charge is 0.493 e. The molecule has 0 fully saturated rings. The van der Waals surface area contributed by atoms with Crippen molar-refractivity contribution in [1.29, 1.82) is 0 Å². The molecule has 3 aromatic rings. The van der Waals surface area contributed by atoms with Crippen LogP contribution >= 0.6 is 11.6 Å². The van der Waals surface area contributed by atoms with E-state index in [9.17, 15) is 5.11 Å². The van der Waals surface area contributed by atoms with Gasteiger partial charge < -0.3 is 23.7 Å². The van der Waals surface area contributed by atoms with Gasteiger partial charge in [-0.15, -0.1) is 0 Å². The summed E-state index contributed by atoms with van der Waals surface area (Å²) in [7, 11) is 4.54. The molecular formula is C20H19ClN2O5. The van der Waals surface area contributed by atoms with Gasteiger partial charge in [0.25, 0.3) is 0 Å². The van der Waals surface area contributed by atoms with Gasteiger partial charge in [0.1, 0.15) is 0 Å². The van der Waals surface area contributed by atoms with Crippen molar-refractivity contribution in [2.75, 3.05) is 21.3 Å². The van der Waals surface area contributed by atoms with Crippen LogP contribution in [-0.2, 0) is 0 Å². The van der Waals surface area contributed by atoms with Crippen LogP contribution in [-0.4, -0.2) is 37.6 Å². The Kier molecular flexibility index (Phi) is 5.75. The summed E-state index contributed by atoms with van der Waals surface area (Å²) in [5.74, 6) is 1.16. The number of oxazole rings is 1. The Hall–Kier alpha value is -3.19. The average molecular weight is 403 g/mol. The summed E-state index contributed by atoms with van der Waals surface area (Å²) in [6.07, 6.45) is 1.40. The van der Waals surface area contributed by atoms with Crippen molar-refractivity contribution < 1.29 is 23.7 Å². The number of ether oxygens (including phenoxy) is 3.